The molecular formula is C7H9N5O. The smallest absolute Gasteiger partial charge is 0.276 e. The van der Waals surface area contributed by atoms with Gasteiger partial charge in [-0.05, 0) is 0 Å². The first-order valence-corrected chi connectivity index (χ1v) is 3.80. The van der Waals surface area contributed by atoms with Gasteiger partial charge in [-0.1, -0.05) is 0 Å². The van der Waals surface area contributed by atoms with Crippen molar-refractivity contribution in [1.82, 2.24) is 15.3 Å². The van der Waals surface area contributed by atoms with Crippen LogP contribution >= 0.6 is 0 Å². The number of anilines is 1. The van der Waals surface area contributed by atoms with E-state index in [1.807, 2.05) is 0 Å². The zero-order valence-electron chi connectivity index (χ0n) is 7.06. The summed E-state index contributed by atoms with van der Waals surface area (Å²) in [6.45, 7) is 0. The van der Waals surface area contributed by atoms with Crippen LogP contribution in [0, 0.1) is 0 Å². The summed E-state index contributed by atoms with van der Waals surface area (Å²) in [7, 11) is 1.75. The summed E-state index contributed by atoms with van der Waals surface area (Å²) in [6, 6.07) is 0. The van der Waals surface area contributed by atoms with E-state index in [9.17, 15) is 4.79 Å². The molecule has 1 amide bonds. The van der Waals surface area contributed by atoms with E-state index in [-0.39, 0.29) is 5.91 Å². The van der Waals surface area contributed by atoms with Gasteiger partial charge in [-0.2, -0.15) is 0 Å². The Labute approximate surface area is 74.8 Å². The van der Waals surface area contributed by atoms with Gasteiger partial charge in [0, 0.05) is 19.4 Å². The molecule has 0 aromatic carbocycles. The molecule has 0 saturated heterocycles. The molecule has 2 heterocycles. The van der Waals surface area contributed by atoms with Gasteiger partial charge in [0.1, 0.15) is 0 Å². The molecule has 1 aliphatic rings. The number of fused-ring (bicyclic) bond motifs is 1. The van der Waals surface area contributed by atoms with Gasteiger partial charge >= 0.3 is 0 Å². The van der Waals surface area contributed by atoms with Crippen LogP contribution in [0.25, 0.3) is 0 Å². The number of rotatable bonds is 0. The molecule has 2 rings (SSSR count). The molecule has 0 radical (unpaired) electrons. The van der Waals surface area contributed by atoms with Crippen molar-refractivity contribution < 1.29 is 4.79 Å². The Bertz CT molecular complexity index is 352. The van der Waals surface area contributed by atoms with E-state index in [4.69, 9.17) is 5.73 Å². The van der Waals surface area contributed by atoms with E-state index in [2.05, 4.69) is 15.3 Å². The Morgan fingerprint density at radius 2 is 2.23 bits per heavy atom. The fourth-order valence-corrected chi connectivity index (χ4v) is 1.18. The van der Waals surface area contributed by atoms with Gasteiger partial charge in [0.05, 0.1) is 0 Å². The Hall–Kier alpha value is -1.69. The van der Waals surface area contributed by atoms with Gasteiger partial charge in [-0.25, -0.2) is 9.97 Å². The number of hydrogen-bond donors (Lipinski definition) is 2. The first-order valence-electron chi connectivity index (χ1n) is 3.80. The summed E-state index contributed by atoms with van der Waals surface area (Å²) in [5, 5.41) is 2.55. The first-order chi connectivity index (χ1) is 6.20. The summed E-state index contributed by atoms with van der Waals surface area (Å²) in [6.07, 6.45) is 2.47. The molecule has 0 bridgehead atoms. The third-order valence-corrected chi connectivity index (χ3v) is 1.92. The average molecular weight is 179 g/mol. The maximum absolute atomic E-state index is 11.3. The second-order valence-corrected chi connectivity index (χ2v) is 2.76. The first kappa shape index (κ1) is 7.93. The third kappa shape index (κ3) is 1.11. The van der Waals surface area contributed by atoms with Gasteiger partial charge < -0.3 is 10.2 Å². The lowest BCUT2D eigenvalue weighted by molar-refractivity contribution is 0.0923. The quantitative estimate of drug-likeness (QED) is 0.528. The van der Waals surface area contributed by atoms with Crippen LogP contribution in [0.5, 0.6) is 0 Å². The van der Waals surface area contributed by atoms with Crippen molar-refractivity contribution in [2.75, 3.05) is 11.9 Å². The van der Waals surface area contributed by atoms with Crippen molar-refractivity contribution in [2.24, 2.45) is 5.73 Å². The molecule has 13 heavy (non-hydrogen) atoms. The molecule has 1 atom stereocenters. The Balaban J connectivity index is 2.53. The number of nitrogens with zero attached hydrogens (tertiary/aromatic N) is 3. The number of aromatic nitrogens is 2. The number of nitrogens with two attached hydrogens (primary N) is 1. The molecule has 1 aromatic rings. The van der Waals surface area contributed by atoms with E-state index >= 15 is 0 Å². The topological polar surface area (TPSA) is 84.1 Å². The predicted molar refractivity (Wildman–Crippen MR) is 45.9 cm³/mol. The van der Waals surface area contributed by atoms with Crippen molar-refractivity contribution in [1.29, 1.82) is 0 Å². The van der Waals surface area contributed by atoms with Gasteiger partial charge in [0.15, 0.2) is 17.8 Å². The number of hydrogen-bond acceptors (Lipinski definition) is 5. The van der Waals surface area contributed by atoms with Crippen LogP contribution in [0.15, 0.2) is 12.4 Å². The SMILES string of the molecule is CN1c2nccnc2C(=O)NC1N. The summed E-state index contributed by atoms with van der Waals surface area (Å²) in [4.78, 5) is 20.9. The van der Waals surface area contributed by atoms with Crippen molar-refractivity contribution in [3.63, 3.8) is 0 Å². The minimum atomic E-state index is -0.531. The van der Waals surface area contributed by atoms with Gasteiger partial charge in [-0.3, -0.25) is 10.5 Å². The Kier molecular flexibility index (Phi) is 1.63. The van der Waals surface area contributed by atoms with E-state index < -0.39 is 6.29 Å². The zero-order chi connectivity index (χ0) is 9.42. The molecule has 68 valence electrons. The van der Waals surface area contributed by atoms with Gasteiger partial charge in [0.2, 0.25) is 0 Å². The largest absolute Gasteiger partial charge is 0.325 e. The summed E-state index contributed by atoms with van der Waals surface area (Å²) in [5.74, 6) is 0.229. The zero-order valence-corrected chi connectivity index (χ0v) is 7.06. The summed E-state index contributed by atoms with van der Waals surface area (Å²) >= 11 is 0. The van der Waals surface area contributed by atoms with Crippen molar-refractivity contribution in [2.45, 2.75) is 6.29 Å². The van der Waals surface area contributed by atoms with E-state index in [1.165, 1.54) is 12.4 Å². The fourth-order valence-electron chi connectivity index (χ4n) is 1.18. The van der Waals surface area contributed by atoms with Crippen molar-refractivity contribution in [3.05, 3.63) is 18.1 Å². The Morgan fingerprint density at radius 1 is 1.54 bits per heavy atom. The molecule has 6 heteroatoms. The van der Waals surface area contributed by atoms with Crippen LogP contribution in [0.3, 0.4) is 0 Å². The molecule has 1 unspecified atom stereocenters. The van der Waals surface area contributed by atoms with Crippen LogP contribution in [-0.2, 0) is 0 Å². The normalized spacial score (nSPS) is 20.9. The lowest BCUT2D eigenvalue weighted by Gasteiger charge is -2.31. The van der Waals surface area contributed by atoms with Crippen LogP contribution in [0.1, 0.15) is 10.5 Å². The second kappa shape index (κ2) is 2.67. The van der Waals surface area contributed by atoms with Crippen molar-refractivity contribution >= 4 is 11.7 Å². The monoisotopic (exact) mass is 179 g/mol. The number of nitrogens with one attached hydrogen (secondary N) is 1. The maximum Gasteiger partial charge on any atom is 0.276 e. The lowest BCUT2D eigenvalue weighted by Crippen LogP contribution is -2.57. The highest BCUT2D eigenvalue weighted by Crippen LogP contribution is 2.17. The number of carbonyl (C=O) groups excluding carboxylic acids is 1. The average Bonchev–Trinajstić information content (AvgIpc) is 2.15. The summed E-state index contributed by atoms with van der Waals surface area (Å²) < 4.78 is 0. The van der Waals surface area contributed by atoms with Crippen LogP contribution < -0.4 is 16.0 Å². The molecular weight excluding hydrogens is 170 g/mol. The molecule has 1 aliphatic heterocycles. The highest BCUT2D eigenvalue weighted by atomic mass is 16.2. The van der Waals surface area contributed by atoms with Crippen LogP contribution in [-0.4, -0.2) is 29.2 Å². The van der Waals surface area contributed by atoms with E-state index in [0.717, 1.165) is 0 Å². The maximum atomic E-state index is 11.3. The van der Waals surface area contributed by atoms with Crippen LogP contribution in [0.2, 0.25) is 0 Å². The molecule has 0 spiro atoms. The summed E-state index contributed by atoms with van der Waals surface area (Å²) in [5.41, 5.74) is 5.92. The predicted octanol–water partition coefficient (Wildman–Crippen LogP) is -1.10. The fraction of sp³-hybridized carbons (Fsp3) is 0.286. The third-order valence-electron chi connectivity index (χ3n) is 1.92. The minimum absolute atomic E-state index is 0.284. The second-order valence-electron chi connectivity index (χ2n) is 2.76. The molecule has 1 aromatic heterocycles. The van der Waals surface area contributed by atoms with Crippen molar-refractivity contribution in [3.8, 4) is 0 Å². The highest BCUT2D eigenvalue weighted by molar-refractivity contribution is 5.98. The van der Waals surface area contributed by atoms with Gasteiger partial charge in [0.25, 0.3) is 5.91 Å². The standard InChI is InChI=1S/C7H9N5O/c1-12-5-4(9-2-3-10-5)6(13)11-7(12)8/h2-3,7H,8H2,1H3,(H,11,13). The van der Waals surface area contributed by atoms with Crippen LogP contribution in [0.4, 0.5) is 5.82 Å². The van der Waals surface area contributed by atoms with E-state index in [0.29, 0.717) is 11.5 Å². The molecule has 0 aliphatic carbocycles. The number of amides is 1. The highest BCUT2D eigenvalue weighted by Gasteiger charge is 2.27. The lowest BCUT2D eigenvalue weighted by atomic mass is 10.3. The molecule has 0 fully saturated rings. The van der Waals surface area contributed by atoms with Gasteiger partial charge in [-0.15, -0.1) is 0 Å². The molecule has 3 N–H and O–H groups in total. The minimum Gasteiger partial charge on any atom is -0.325 e. The number of carbonyl (C=O) groups is 1. The molecule has 0 saturated carbocycles. The van der Waals surface area contributed by atoms with E-state index in [1.54, 1.807) is 11.9 Å². The Morgan fingerprint density at radius 3 is 3.00 bits per heavy atom. The molecule has 6 nitrogen and oxygen atoms in total.